The Morgan fingerprint density at radius 1 is 1.36 bits per heavy atom. The molecule has 0 aromatic rings. The van der Waals surface area contributed by atoms with Crippen LogP contribution in [0.3, 0.4) is 0 Å². The van der Waals surface area contributed by atoms with Crippen LogP contribution in [0.15, 0.2) is 11.1 Å². The van der Waals surface area contributed by atoms with Gasteiger partial charge in [0.25, 0.3) is 0 Å². The van der Waals surface area contributed by atoms with Crippen LogP contribution < -0.4 is 0 Å². The van der Waals surface area contributed by atoms with Gasteiger partial charge in [-0.05, 0) is 26.4 Å². The molecule has 0 radical (unpaired) electrons. The van der Waals surface area contributed by atoms with Crippen LogP contribution in [-0.2, 0) is 0 Å². The van der Waals surface area contributed by atoms with E-state index < -0.39 is 0 Å². The maximum atomic E-state index is 5.86. The van der Waals surface area contributed by atoms with Crippen molar-refractivity contribution in [2.45, 2.75) is 27.2 Å². The van der Waals surface area contributed by atoms with Crippen LogP contribution >= 0.6 is 11.6 Å². The van der Waals surface area contributed by atoms with Gasteiger partial charge in [0.05, 0.1) is 0 Å². The summed E-state index contributed by atoms with van der Waals surface area (Å²) in [6.07, 6.45) is 2.95. The van der Waals surface area contributed by atoms with E-state index in [9.17, 15) is 0 Å². The molecular formula is C9H18ClN. The predicted molar refractivity (Wildman–Crippen MR) is 52.0 cm³/mol. The third kappa shape index (κ3) is 5.28. The van der Waals surface area contributed by atoms with Crippen molar-refractivity contribution < 1.29 is 0 Å². The number of halogens is 1. The van der Waals surface area contributed by atoms with E-state index in [2.05, 4.69) is 18.7 Å². The molecule has 2 heteroatoms. The molecule has 0 aromatic heterocycles. The Hall–Kier alpha value is -0.0100. The fourth-order valence-electron chi connectivity index (χ4n) is 0.949. The third-order valence-electron chi connectivity index (χ3n) is 1.87. The van der Waals surface area contributed by atoms with Crippen LogP contribution in [0.1, 0.15) is 27.2 Å². The van der Waals surface area contributed by atoms with E-state index in [1.54, 1.807) is 0 Å². The second-order valence-corrected chi connectivity index (χ2v) is 3.00. The molecule has 0 unspecified atom stereocenters. The highest BCUT2D eigenvalue weighted by atomic mass is 35.5. The zero-order chi connectivity index (χ0) is 8.69. The molecule has 0 N–H and O–H groups in total. The van der Waals surface area contributed by atoms with E-state index in [-0.39, 0.29) is 0 Å². The Bertz CT molecular complexity index is 117. The van der Waals surface area contributed by atoms with Gasteiger partial charge in [-0.1, -0.05) is 31.5 Å². The van der Waals surface area contributed by atoms with E-state index in [1.165, 1.54) is 0 Å². The highest BCUT2D eigenvalue weighted by Gasteiger charge is 1.98. The first kappa shape index (κ1) is 11.0. The standard InChI is InChI=1S/C9H18ClN/c1-4-9(10)7-8-11(5-2)6-3/h4H,5-8H2,1-3H3/b9-4+. The molecular weight excluding hydrogens is 158 g/mol. The molecule has 0 aliphatic carbocycles. The van der Waals surface area contributed by atoms with Crippen molar-refractivity contribution in [2.75, 3.05) is 19.6 Å². The lowest BCUT2D eigenvalue weighted by Gasteiger charge is -2.16. The zero-order valence-electron chi connectivity index (χ0n) is 7.73. The molecule has 0 bridgehead atoms. The van der Waals surface area contributed by atoms with Crippen LogP contribution in [0, 0.1) is 0 Å². The predicted octanol–water partition coefficient (Wildman–Crippen LogP) is 2.86. The van der Waals surface area contributed by atoms with Crippen molar-refractivity contribution in [1.82, 2.24) is 4.90 Å². The smallest absolute Gasteiger partial charge is 0.0151 e. The van der Waals surface area contributed by atoms with Gasteiger partial charge in [-0.15, -0.1) is 0 Å². The first-order chi connectivity index (χ1) is 5.24. The lowest BCUT2D eigenvalue weighted by atomic mass is 10.3. The summed E-state index contributed by atoms with van der Waals surface area (Å²) in [6.45, 7) is 9.63. The summed E-state index contributed by atoms with van der Waals surface area (Å²) in [7, 11) is 0. The highest BCUT2D eigenvalue weighted by molar-refractivity contribution is 6.29. The number of rotatable bonds is 5. The summed E-state index contributed by atoms with van der Waals surface area (Å²) in [5.74, 6) is 0. The maximum absolute atomic E-state index is 5.86. The molecule has 0 aliphatic rings. The van der Waals surface area contributed by atoms with Gasteiger partial charge in [-0.25, -0.2) is 0 Å². The minimum absolute atomic E-state index is 0.969. The summed E-state index contributed by atoms with van der Waals surface area (Å²) < 4.78 is 0. The molecule has 0 saturated carbocycles. The van der Waals surface area contributed by atoms with Crippen LogP contribution in [0.25, 0.3) is 0 Å². The lowest BCUT2D eigenvalue weighted by molar-refractivity contribution is 0.309. The molecule has 0 atom stereocenters. The van der Waals surface area contributed by atoms with Crippen LogP contribution in [0.5, 0.6) is 0 Å². The Morgan fingerprint density at radius 3 is 2.27 bits per heavy atom. The van der Waals surface area contributed by atoms with Crippen molar-refractivity contribution >= 4 is 11.6 Å². The average Bonchev–Trinajstić information content (AvgIpc) is 2.06. The molecule has 66 valence electrons. The molecule has 0 fully saturated rings. The van der Waals surface area contributed by atoms with Crippen molar-refractivity contribution in [3.8, 4) is 0 Å². The summed E-state index contributed by atoms with van der Waals surface area (Å²) in [6, 6.07) is 0. The first-order valence-electron chi connectivity index (χ1n) is 4.27. The van der Waals surface area contributed by atoms with Crippen LogP contribution in [0.4, 0.5) is 0 Å². The Balaban J connectivity index is 3.50. The Labute approximate surface area is 75.0 Å². The van der Waals surface area contributed by atoms with E-state index in [4.69, 9.17) is 11.6 Å². The topological polar surface area (TPSA) is 3.24 Å². The molecule has 0 amide bonds. The monoisotopic (exact) mass is 175 g/mol. The van der Waals surface area contributed by atoms with E-state index in [0.717, 1.165) is 31.1 Å². The van der Waals surface area contributed by atoms with Gasteiger partial charge in [0.1, 0.15) is 0 Å². The quantitative estimate of drug-likeness (QED) is 0.621. The molecule has 0 heterocycles. The van der Waals surface area contributed by atoms with E-state index in [1.807, 2.05) is 13.0 Å². The number of nitrogens with zero attached hydrogens (tertiary/aromatic N) is 1. The third-order valence-corrected chi connectivity index (χ3v) is 2.28. The van der Waals surface area contributed by atoms with Crippen molar-refractivity contribution in [3.63, 3.8) is 0 Å². The average molecular weight is 176 g/mol. The fourth-order valence-corrected chi connectivity index (χ4v) is 1.03. The maximum Gasteiger partial charge on any atom is 0.0151 e. The summed E-state index contributed by atoms with van der Waals surface area (Å²) in [4.78, 5) is 2.37. The minimum Gasteiger partial charge on any atom is -0.304 e. The molecule has 0 saturated heterocycles. The van der Waals surface area contributed by atoms with E-state index >= 15 is 0 Å². The Kier molecular flexibility index (Phi) is 6.68. The molecule has 11 heavy (non-hydrogen) atoms. The van der Waals surface area contributed by atoms with Gasteiger partial charge in [-0.2, -0.15) is 0 Å². The molecule has 0 rings (SSSR count). The van der Waals surface area contributed by atoms with Gasteiger partial charge in [0.15, 0.2) is 0 Å². The number of hydrogen-bond donors (Lipinski definition) is 0. The lowest BCUT2D eigenvalue weighted by Crippen LogP contribution is -2.23. The second kappa shape index (κ2) is 6.68. The van der Waals surface area contributed by atoms with Gasteiger partial charge < -0.3 is 4.90 Å². The summed E-state index contributed by atoms with van der Waals surface area (Å²) in [5.41, 5.74) is 0. The van der Waals surface area contributed by atoms with Crippen molar-refractivity contribution in [3.05, 3.63) is 11.1 Å². The fraction of sp³-hybridized carbons (Fsp3) is 0.778. The number of allylic oxidation sites excluding steroid dienone is 1. The largest absolute Gasteiger partial charge is 0.304 e. The van der Waals surface area contributed by atoms with Gasteiger partial charge >= 0.3 is 0 Å². The van der Waals surface area contributed by atoms with Crippen molar-refractivity contribution in [2.24, 2.45) is 0 Å². The van der Waals surface area contributed by atoms with Gasteiger partial charge in [-0.3, -0.25) is 0 Å². The summed E-state index contributed by atoms with van der Waals surface area (Å²) in [5, 5.41) is 0.969. The normalized spacial score (nSPS) is 12.6. The molecule has 0 aliphatic heterocycles. The molecule has 0 spiro atoms. The van der Waals surface area contributed by atoms with Crippen LogP contribution in [-0.4, -0.2) is 24.5 Å². The highest BCUT2D eigenvalue weighted by Crippen LogP contribution is 2.07. The molecule has 1 nitrogen and oxygen atoms in total. The minimum atomic E-state index is 0.969. The zero-order valence-corrected chi connectivity index (χ0v) is 8.49. The number of hydrogen-bond acceptors (Lipinski definition) is 1. The SMILES string of the molecule is C/C=C(/Cl)CCN(CC)CC. The van der Waals surface area contributed by atoms with E-state index in [0.29, 0.717) is 0 Å². The first-order valence-corrected chi connectivity index (χ1v) is 4.65. The molecule has 0 aromatic carbocycles. The van der Waals surface area contributed by atoms with Crippen molar-refractivity contribution in [1.29, 1.82) is 0 Å². The van der Waals surface area contributed by atoms with Crippen LogP contribution in [0.2, 0.25) is 0 Å². The Morgan fingerprint density at radius 2 is 1.91 bits per heavy atom. The summed E-state index contributed by atoms with van der Waals surface area (Å²) >= 11 is 5.86. The van der Waals surface area contributed by atoms with Gasteiger partial charge in [0.2, 0.25) is 0 Å². The van der Waals surface area contributed by atoms with Gasteiger partial charge in [0, 0.05) is 11.6 Å². The second-order valence-electron chi connectivity index (χ2n) is 2.51.